The molecule has 32 heavy (non-hydrogen) atoms. The molecule has 0 saturated heterocycles. The van der Waals surface area contributed by atoms with E-state index in [4.69, 9.17) is 30.6 Å². The van der Waals surface area contributed by atoms with Gasteiger partial charge < -0.3 is 90.0 Å². The first kappa shape index (κ1) is 40.2. The summed E-state index contributed by atoms with van der Waals surface area (Å²) < 4.78 is 0. The first-order chi connectivity index (χ1) is 13.4. The second-order valence-electron chi connectivity index (χ2n) is 4.58. The first-order valence-electron chi connectivity index (χ1n) is 6.73. The fourth-order valence-electron chi connectivity index (χ4n) is 0.773. The molecule has 0 aromatic rings. The van der Waals surface area contributed by atoms with Crippen molar-refractivity contribution >= 4 is 35.8 Å². The molecule has 0 radical (unpaired) electrons. The molecule has 0 aliphatic rings. The number of rotatable bonds is 9. The third kappa shape index (κ3) is 17.5. The molecule has 0 bridgehead atoms. The predicted octanol–water partition coefficient (Wildman–Crippen LogP) is -14.4. The van der Waals surface area contributed by atoms with Crippen molar-refractivity contribution in [2.75, 3.05) is 0 Å². The molecule has 6 N–H and O–H groups in total. The van der Waals surface area contributed by atoms with Crippen molar-refractivity contribution in [2.24, 2.45) is 0 Å². The van der Waals surface area contributed by atoms with E-state index in [0.29, 0.717) is 0 Å². The quantitative estimate of drug-likeness (QED) is 0.126. The zero-order valence-electron chi connectivity index (χ0n) is 14.7. The number of carboxylic acids is 6. The van der Waals surface area contributed by atoms with Crippen LogP contribution < -0.4 is 30.6 Å². The summed E-state index contributed by atoms with van der Waals surface area (Å²) in [5.41, 5.74) is 0. The summed E-state index contributed by atoms with van der Waals surface area (Å²) >= 11 is 0. The average Bonchev–Trinajstić information content (AvgIpc) is 2.64. The summed E-state index contributed by atoms with van der Waals surface area (Å²) in [6.07, 6.45) is -14.6. The van der Waals surface area contributed by atoms with E-state index in [1.807, 2.05) is 0 Å². The minimum absolute atomic E-state index is 0. The predicted molar refractivity (Wildman–Crippen MR) is 66.1 cm³/mol. The molecule has 6 atom stereocenters. The summed E-state index contributed by atoms with van der Waals surface area (Å²) in [4.78, 5) is 57.8. The number of carbonyl (C=O) groups is 6. The van der Waals surface area contributed by atoms with Crippen LogP contribution in [0.3, 0.4) is 0 Å². The van der Waals surface area contributed by atoms with Crippen LogP contribution in [-0.4, -0.2) is 103 Å². The third-order valence-corrected chi connectivity index (χ3v) is 2.35. The molecule has 20 heteroatoms. The van der Waals surface area contributed by atoms with Crippen LogP contribution in [0.2, 0.25) is 0 Å². The van der Waals surface area contributed by atoms with Crippen molar-refractivity contribution in [3.05, 3.63) is 0 Å². The second-order valence-corrected chi connectivity index (χ2v) is 4.58. The molecule has 0 fully saturated rings. The molecule has 18 nitrogen and oxygen atoms in total. The van der Waals surface area contributed by atoms with Crippen molar-refractivity contribution in [1.29, 1.82) is 0 Å². The Kier molecular flexibility index (Phi) is 24.5. The molecule has 0 aliphatic carbocycles. The third-order valence-electron chi connectivity index (χ3n) is 2.35. The first-order valence-corrected chi connectivity index (χ1v) is 6.73. The molecule has 0 heterocycles. The van der Waals surface area contributed by atoms with Crippen LogP contribution in [0, 0.1) is 0 Å². The van der Waals surface area contributed by atoms with Crippen LogP contribution in [-0.2, 0) is 67.7 Å². The van der Waals surface area contributed by atoms with E-state index in [0.717, 1.165) is 0 Å². The van der Waals surface area contributed by atoms with Crippen LogP contribution in [0.15, 0.2) is 0 Å². The van der Waals surface area contributed by atoms with E-state index in [1.165, 1.54) is 0 Å². The van der Waals surface area contributed by atoms with Crippen LogP contribution in [0.4, 0.5) is 0 Å². The second kappa shape index (κ2) is 19.5. The summed E-state index contributed by atoms with van der Waals surface area (Å²) in [5, 5.41) is 107. The molecular weight excluding hydrogens is 638 g/mol. The van der Waals surface area contributed by atoms with Crippen LogP contribution >= 0.6 is 0 Å². The molecular formula is C12H12O18Rh2. The zero-order valence-corrected chi connectivity index (χ0v) is 18.0. The number of hydrogen-bond donors (Lipinski definition) is 6. The van der Waals surface area contributed by atoms with Gasteiger partial charge in [0.1, 0.15) is 36.6 Å². The Labute approximate surface area is 201 Å². The zero-order chi connectivity index (χ0) is 24.9. The minimum Gasteiger partial charge on any atom is -0.547 e. The van der Waals surface area contributed by atoms with Crippen LogP contribution in [0.1, 0.15) is 0 Å². The van der Waals surface area contributed by atoms with Crippen molar-refractivity contribution in [2.45, 2.75) is 36.6 Å². The smallest absolute Gasteiger partial charge is 0.547 e. The fraction of sp³-hybridized carbons (Fsp3) is 0.500. The van der Waals surface area contributed by atoms with Gasteiger partial charge in [-0.15, -0.1) is 0 Å². The summed E-state index contributed by atoms with van der Waals surface area (Å²) in [7, 11) is 0. The Morgan fingerprint density at radius 3 is 0.438 bits per heavy atom. The van der Waals surface area contributed by atoms with Crippen molar-refractivity contribution in [3.8, 4) is 0 Å². The summed E-state index contributed by atoms with van der Waals surface area (Å²) in [5.74, 6) is -12.4. The van der Waals surface area contributed by atoms with E-state index in [2.05, 4.69) is 0 Å². The molecule has 0 spiro atoms. The van der Waals surface area contributed by atoms with Gasteiger partial charge in [0.15, 0.2) is 0 Å². The Hall–Kier alpha value is -2.17. The fourth-order valence-corrected chi connectivity index (χ4v) is 0.773. The van der Waals surface area contributed by atoms with Gasteiger partial charge in [-0.05, 0) is 0 Å². The molecule has 186 valence electrons. The summed E-state index contributed by atoms with van der Waals surface area (Å²) in [6.45, 7) is 0. The Bertz CT molecular complexity index is 498. The normalized spacial score (nSPS) is 14.8. The maximum atomic E-state index is 9.63. The number of aliphatic carboxylic acids is 6. The molecule has 0 saturated carbocycles. The standard InChI is InChI=1S/3C4H6O6.2Rh/c3*5-1(3(7)8)2(6)4(9)10;;/h3*1-2,5-6H,(H,7,8)(H,9,10);;/q;;;2*+3/p-6. The number of aliphatic hydroxyl groups is 6. The van der Waals surface area contributed by atoms with Gasteiger partial charge in [-0.25, -0.2) is 0 Å². The SMILES string of the molecule is O=C([O-])C(O)C(O)C(=O)[O-].O=C([O-])C(O)C(O)C(=O)[O-].O=C([O-])C(O)C(O)C(=O)[O-].[Rh+3].[Rh+3]. The Balaban J connectivity index is -0.000000110. The van der Waals surface area contributed by atoms with Gasteiger partial charge in [-0.1, -0.05) is 0 Å². The maximum absolute atomic E-state index is 9.63. The van der Waals surface area contributed by atoms with E-state index >= 15 is 0 Å². The van der Waals surface area contributed by atoms with E-state index < -0.39 is 72.4 Å². The minimum atomic E-state index is -2.44. The van der Waals surface area contributed by atoms with E-state index in [-0.39, 0.29) is 39.0 Å². The van der Waals surface area contributed by atoms with Gasteiger partial charge >= 0.3 is 39.0 Å². The number of aliphatic hydroxyl groups excluding tert-OH is 6. The largest absolute Gasteiger partial charge is 3.00 e. The molecule has 0 aromatic heterocycles. The van der Waals surface area contributed by atoms with Crippen molar-refractivity contribution < 1.29 is 129 Å². The van der Waals surface area contributed by atoms with E-state index in [1.54, 1.807) is 0 Å². The van der Waals surface area contributed by atoms with Crippen molar-refractivity contribution in [3.63, 3.8) is 0 Å². The van der Waals surface area contributed by atoms with Crippen LogP contribution in [0.5, 0.6) is 0 Å². The van der Waals surface area contributed by atoms with Gasteiger partial charge in [0.05, 0.1) is 35.8 Å². The number of carbonyl (C=O) groups excluding carboxylic acids is 6. The van der Waals surface area contributed by atoms with Gasteiger partial charge in [0.2, 0.25) is 0 Å². The van der Waals surface area contributed by atoms with Gasteiger partial charge in [0.25, 0.3) is 0 Å². The molecule has 0 aliphatic heterocycles. The molecule has 0 rings (SSSR count). The Morgan fingerprint density at radius 2 is 0.406 bits per heavy atom. The molecule has 6 unspecified atom stereocenters. The number of hydrogen-bond acceptors (Lipinski definition) is 18. The topological polar surface area (TPSA) is 362 Å². The van der Waals surface area contributed by atoms with Crippen LogP contribution in [0.25, 0.3) is 0 Å². The molecule has 0 amide bonds. The van der Waals surface area contributed by atoms with E-state index in [9.17, 15) is 59.4 Å². The Morgan fingerprint density at radius 1 is 0.344 bits per heavy atom. The van der Waals surface area contributed by atoms with Crippen molar-refractivity contribution in [1.82, 2.24) is 0 Å². The average molecular weight is 650 g/mol. The number of carboxylic acid groups (broad SMARTS) is 6. The summed E-state index contributed by atoms with van der Waals surface area (Å²) in [6, 6.07) is 0. The van der Waals surface area contributed by atoms with Gasteiger partial charge in [-0.2, -0.15) is 0 Å². The molecule has 0 aromatic carbocycles. The monoisotopic (exact) mass is 650 g/mol. The van der Waals surface area contributed by atoms with Gasteiger partial charge in [0, 0.05) is 0 Å². The van der Waals surface area contributed by atoms with Gasteiger partial charge in [-0.3, -0.25) is 0 Å². The maximum Gasteiger partial charge on any atom is 3.00 e.